The highest BCUT2D eigenvalue weighted by Crippen LogP contribution is 2.38. The van der Waals surface area contributed by atoms with Crippen LogP contribution >= 0.6 is 0 Å². The Morgan fingerprint density at radius 1 is 1.29 bits per heavy atom. The quantitative estimate of drug-likeness (QED) is 0.659. The first-order valence-electron chi connectivity index (χ1n) is 4.63. The Kier molecular flexibility index (Phi) is 1.39. The molecule has 0 atom stereocenters. The van der Waals surface area contributed by atoms with Gasteiger partial charge in [-0.25, -0.2) is 0 Å². The summed E-state index contributed by atoms with van der Waals surface area (Å²) in [6.07, 6.45) is 7.07. The van der Waals surface area contributed by atoms with Gasteiger partial charge in [-0.1, -0.05) is 18.2 Å². The molecule has 3 rings (SSSR count). The predicted octanol–water partition coefficient (Wildman–Crippen LogP) is 2.82. The van der Waals surface area contributed by atoms with E-state index in [1.807, 2.05) is 18.2 Å². The van der Waals surface area contributed by atoms with E-state index in [-0.39, 0.29) is 0 Å². The zero-order valence-corrected chi connectivity index (χ0v) is 7.57. The summed E-state index contributed by atoms with van der Waals surface area (Å²) in [5.74, 6) is 0.302. The molecule has 0 aromatic heterocycles. The monoisotopic (exact) mass is 183 g/mol. The molecule has 1 aromatic carbocycles. The van der Waals surface area contributed by atoms with Crippen LogP contribution in [0.15, 0.2) is 41.4 Å². The zero-order valence-electron chi connectivity index (χ0n) is 7.57. The maximum Gasteiger partial charge on any atom is 0.116 e. The molecule has 2 heteroatoms. The maximum atomic E-state index is 9.39. The lowest BCUT2D eigenvalue weighted by atomic mass is 9.97. The lowest BCUT2D eigenvalue weighted by Crippen LogP contribution is -1.97. The number of allylic oxidation sites excluding steroid dienone is 4. The van der Waals surface area contributed by atoms with Gasteiger partial charge < -0.3 is 5.11 Å². The van der Waals surface area contributed by atoms with E-state index in [9.17, 15) is 5.11 Å². The van der Waals surface area contributed by atoms with Gasteiger partial charge in [-0.05, 0) is 18.2 Å². The first kappa shape index (κ1) is 7.56. The second-order valence-corrected chi connectivity index (χ2v) is 3.47. The predicted molar refractivity (Wildman–Crippen MR) is 56.9 cm³/mol. The van der Waals surface area contributed by atoms with Crippen LogP contribution in [-0.4, -0.2) is 10.8 Å². The van der Waals surface area contributed by atoms with Crippen LogP contribution in [-0.2, 0) is 0 Å². The van der Waals surface area contributed by atoms with Gasteiger partial charge in [0.05, 0.1) is 11.4 Å². The summed E-state index contributed by atoms with van der Waals surface area (Å²) in [4.78, 5) is 4.50. The average molecular weight is 183 g/mol. The summed E-state index contributed by atoms with van der Waals surface area (Å²) in [7, 11) is 0. The Morgan fingerprint density at radius 2 is 2.21 bits per heavy atom. The molecule has 1 aromatic rings. The second kappa shape index (κ2) is 2.58. The molecule has 0 unspecified atom stereocenters. The number of fused-ring (bicyclic) bond motifs is 3. The Balaban J connectivity index is 2.24. The minimum absolute atomic E-state index is 0.302. The van der Waals surface area contributed by atoms with Crippen LogP contribution in [0, 0.1) is 0 Å². The van der Waals surface area contributed by atoms with Crippen LogP contribution < -0.4 is 0 Å². The number of nitrogens with zero attached hydrogens (tertiary/aromatic N) is 1. The number of hydrogen-bond acceptors (Lipinski definition) is 2. The Hall–Kier alpha value is -1.83. The van der Waals surface area contributed by atoms with Crippen molar-refractivity contribution in [2.24, 2.45) is 4.99 Å². The molecule has 2 aliphatic rings. The van der Waals surface area contributed by atoms with Crippen molar-refractivity contribution in [2.75, 3.05) is 0 Å². The average Bonchev–Trinajstić information content (AvgIpc) is 2.56. The Bertz CT molecular complexity index is 495. The summed E-state index contributed by atoms with van der Waals surface area (Å²) in [6, 6.07) is 5.31. The normalized spacial score (nSPS) is 17.1. The van der Waals surface area contributed by atoms with E-state index in [0.717, 1.165) is 29.0 Å². The molecule has 1 heterocycles. The van der Waals surface area contributed by atoms with E-state index in [1.54, 1.807) is 12.1 Å². The summed E-state index contributed by atoms with van der Waals surface area (Å²) < 4.78 is 0. The number of benzene rings is 1. The first-order valence-corrected chi connectivity index (χ1v) is 4.63. The van der Waals surface area contributed by atoms with Crippen molar-refractivity contribution >= 4 is 17.0 Å². The molecule has 0 spiro atoms. The van der Waals surface area contributed by atoms with E-state index in [1.165, 1.54) is 0 Å². The molecule has 68 valence electrons. The van der Waals surface area contributed by atoms with E-state index in [4.69, 9.17) is 0 Å². The Morgan fingerprint density at radius 3 is 3.14 bits per heavy atom. The van der Waals surface area contributed by atoms with Crippen molar-refractivity contribution in [3.05, 3.63) is 42.0 Å². The topological polar surface area (TPSA) is 32.6 Å². The van der Waals surface area contributed by atoms with E-state index in [0.29, 0.717) is 5.75 Å². The third kappa shape index (κ3) is 0.940. The largest absolute Gasteiger partial charge is 0.508 e. The fraction of sp³-hybridized carbons (Fsp3) is 0.0833. The maximum absolute atomic E-state index is 9.39. The molecule has 0 amide bonds. The van der Waals surface area contributed by atoms with Crippen LogP contribution in [0.1, 0.15) is 12.0 Å². The fourth-order valence-electron chi connectivity index (χ4n) is 1.88. The molecular weight excluding hydrogens is 174 g/mol. The van der Waals surface area contributed by atoms with Gasteiger partial charge in [-0.15, -0.1) is 0 Å². The van der Waals surface area contributed by atoms with Crippen LogP contribution in [0.5, 0.6) is 5.75 Å². The molecule has 0 radical (unpaired) electrons. The fourth-order valence-corrected chi connectivity index (χ4v) is 1.88. The second-order valence-electron chi connectivity index (χ2n) is 3.47. The highest BCUT2D eigenvalue weighted by Gasteiger charge is 2.20. The molecule has 1 aliphatic heterocycles. The van der Waals surface area contributed by atoms with Crippen molar-refractivity contribution in [3.63, 3.8) is 0 Å². The van der Waals surface area contributed by atoms with Gasteiger partial charge in [-0.2, -0.15) is 0 Å². The van der Waals surface area contributed by atoms with Gasteiger partial charge in [0.15, 0.2) is 0 Å². The summed E-state index contributed by atoms with van der Waals surface area (Å²) in [6.45, 7) is 0. The third-order valence-corrected chi connectivity index (χ3v) is 2.55. The van der Waals surface area contributed by atoms with Gasteiger partial charge in [-0.3, -0.25) is 4.99 Å². The lowest BCUT2D eigenvalue weighted by molar-refractivity contribution is 0.475. The van der Waals surface area contributed by atoms with E-state index < -0.39 is 0 Å². The van der Waals surface area contributed by atoms with E-state index >= 15 is 0 Å². The molecule has 1 N–H and O–H groups in total. The summed E-state index contributed by atoms with van der Waals surface area (Å²) in [5.41, 5.74) is 4.27. The first-order chi connectivity index (χ1) is 6.84. The number of phenolic OH excluding ortho intramolecular Hbond substituents is 1. The van der Waals surface area contributed by atoms with Gasteiger partial charge >= 0.3 is 0 Å². The lowest BCUT2D eigenvalue weighted by Gasteiger charge is -2.05. The van der Waals surface area contributed by atoms with Crippen LogP contribution in [0.25, 0.3) is 5.57 Å². The minimum Gasteiger partial charge on any atom is -0.508 e. The number of phenols is 1. The molecule has 0 saturated carbocycles. The minimum atomic E-state index is 0.302. The van der Waals surface area contributed by atoms with Crippen LogP contribution in [0.3, 0.4) is 0 Å². The van der Waals surface area contributed by atoms with Crippen LogP contribution in [0.2, 0.25) is 0 Å². The SMILES string of the molecule is Oc1ccc2c(c1)C1=CC=CCC1=N2. The molecular formula is C12H9NO. The summed E-state index contributed by atoms with van der Waals surface area (Å²) >= 11 is 0. The number of rotatable bonds is 0. The number of aromatic hydroxyl groups is 1. The number of hydrogen-bond donors (Lipinski definition) is 1. The zero-order chi connectivity index (χ0) is 9.54. The smallest absolute Gasteiger partial charge is 0.116 e. The molecule has 0 bridgehead atoms. The van der Waals surface area contributed by atoms with Crippen molar-refractivity contribution in [1.82, 2.24) is 0 Å². The highest BCUT2D eigenvalue weighted by molar-refractivity contribution is 6.30. The highest BCUT2D eigenvalue weighted by atomic mass is 16.3. The van der Waals surface area contributed by atoms with Gasteiger partial charge in [0.2, 0.25) is 0 Å². The molecule has 0 fully saturated rings. The molecule has 14 heavy (non-hydrogen) atoms. The molecule has 1 aliphatic carbocycles. The van der Waals surface area contributed by atoms with Gasteiger partial charge in [0, 0.05) is 17.6 Å². The number of aliphatic imine (C=N–C) groups is 1. The third-order valence-electron chi connectivity index (χ3n) is 2.55. The van der Waals surface area contributed by atoms with Gasteiger partial charge in [0.1, 0.15) is 5.75 Å². The van der Waals surface area contributed by atoms with Crippen molar-refractivity contribution in [1.29, 1.82) is 0 Å². The standard InChI is InChI=1S/C12H9NO/c14-8-5-6-12-10(7-8)9-3-1-2-4-11(9)13-12/h1-3,5-7,14H,4H2. The van der Waals surface area contributed by atoms with Crippen molar-refractivity contribution in [2.45, 2.75) is 6.42 Å². The molecule has 0 saturated heterocycles. The van der Waals surface area contributed by atoms with Crippen molar-refractivity contribution < 1.29 is 5.11 Å². The Labute approximate surface area is 81.9 Å². The molecule has 2 nitrogen and oxygen atoms in total. The van der Waals surface area contributed by atoms with E-state index in [2.05, 4.69) is 11.1 Å². The van der Waals surface area contributed by atoms with Crippen molar-refractivity contribution in [3.8, 4) is 5.75 Å². The summed E-state index contributed by atoms with van der Waals surface area (Å²) in [5, 5.41) is 9.39. The van der Waals surface area contributed by atoms with Gasteiger partial charge in [0.25, 0.3) is 0 Å². The van der Waals surface area contributed by atoms with Crippen LogP contribution in [0.4, 0.5) is 5.69 Å².